The Hall–Kier alpha value is -0.0900. The lowest BCUT2D eigenvalue weighted by Gasteiger charge is -2.21. The van der Waals surface area contributed by atoms with E-state index in [1.807, 2.05) is 0 Å². The van der Waals surface area contributed by atoms with Gasteiger partial charge in [-0.15, -0.1) is 25.3 Å². The summed E-state index contributed by atoms with van der Waals surface area (Å²) in [5.74, 6) is -0.281. The van der Waals surface area contributed by atoms with Crippen LogP contribution in [-0.4, -0.2) is 12.1 Å². The summed E-state index contributed by atoms with van der Waals surface area (Å²) in [5, 5.41) is 0. The maximum absolute atomic E-state index is 11.5. The molecule has 0 atom stereocenters. The third-order valence-corrected chi connectivity index (χ3v) is 3.14. The Morgan fingerprint density at radius 2 is 1.79 bits per heavy atom. The van der Waals surface area contributed by atoms with Crippen molar-refractivity contribution >= 4 is 31.2 Å². The van der Waals surface area contributed by atoms with E-state index in [1.165, 1.54) is 6.42 Å². The van der Waals surface area contributed by atoms with E-state index in [-0.39, 0.29) is 12.1 Å². The zero-order valence-corrected chi connectivity index (χ0v) is 10.1. The fourth-order valence-electron chi connectivity index (χ4n) is 1.51. The Bertz CT molecular complexity index is 239. The highest BCUT2D eigenvalue weighted by molar-refractivity contribution is 8.05. The molecule has 0 radical (unpaired) electrons. The molecule has 0 aliphatic heterocycles. The molecular weight excluding hydrogens is 216 g/mol. The minimum atomic E-state index is -0.281. The van der Waals surface area contributed by atoms with Gasteiger partial charge < -0.3 is 4.74 Å². The van der Waals surface area contributed by atoms with Crippen LogP contribution in [0.1, 0.15) is 39.0 Å². The SMILES string of the molecule is CC(C(=O)OC1CCCCC1)=C(S)S. The number of rotatable bonds is 2. The molecule has 0 aromatic carbocycles. The molecule has 0 N–H and O–H groups in total. The van der Waals surface area contributed by atoms with Crippen LogP contribution in [0.5, 0.6) is 0 Å². The standard InChI is InChI=1S/C10H16O2S2/c1-7(10(13)14)9(11)12-8-5-3-2-4-6-8/h8,13-14H,2-6H2,1H3. The van der Waals surface area contributed by atoms with Crippen molar-refractivity contribution < 1.29 is 9.53 Å². The minimum absolute atomic E-state index is 0.104. The first kappa shape index (κ1) is 12.0. The molecule has 2 nitrogen and oxygen atoms in total. The van der Waals surface area contributed by atoms with Crippen LogP contribution in [0.3, 0.4) is 0 Å². The van der Waals surface area contributed by atoms with Crippen molar-refractivity contribution in [1.82, 2.24) is 0 Å². The van der Waals surface area contributed by atoms with Gasteiger partial charge in [-0.1, -0.05) is 6.42 Å². The van der Waals surface area contributed by atoms with Gasteiger partial charge in [-0.05, 0) is 32.6 Å². The smallest absolute Gasteiger partial charge is 0.335 e. The summed E-state index contributed by atoms with van der Waals surface area (Å²) >= 11 is 7.99. The quantitative estimate of drug-likeness (QED) is 0.435. The van der Waals surface area contributed by atoms with Crippen LogP contribution < -0.4 is 0 Å². The highest BCUT2D eigenvalue weighted by atomic mass is 32.2. The van der Waals surface area contributed by atoms with Gasteiger partial charge in [0.25, 0.3) is 0 Å². The molecule has 0 bridgehead atoms. The molecule has 1 saturated carbocycles. The molecule has 80 valence electrons. The number of thiol groups is 2. The molecule has 0 aromatic heterocycles. The number of hydrogen-bond acceptors (Lipinski definition) is 4. The van der Waals surface area contributed by atoms with Gasteiger partial charge in [0.15, 0.2) is 0 Å². The van der Waals surface area contributed by atoms with Crippen molar-refractivity contribution in [3.8, 4) is 0 Å². The summed E-state index contributed by atoms with van der Waals surface area (Å²) in [7, 11) is 0. The third-order valence-electron chi connectivity index (χ3n) is 2.47. The van der Waals surface area contributed by atoms with E-state index in [1.54, 1.807) is 6.92 Å². The van der Waals surface area contributed by atoms with E-state index in [0.29, 0.717) is 9.81 Å². The topological polar surface area (TPSA) is 26.3 Å². The molecule has 0 amide bonds. The average Bonchev–Trinajstić information content (AvgIpc) is 2.18. The van der Waals surface area contributed by atoms with Crippen LogP contribution in [0.15, 0.2) is 9.81 Å². The molecule has 0 unspecified atom stereocenters. The van der Waals surface area contributed by atoms with E-state index < -0.39 is 0 Å². The first-order valence-electron chi connectivity index (χ1n) is 4.91. The molecule has 14 heavy (non-hydrogen) atoms. The van der Waals surface area contributed by atoms with Crippen LogP contribution in [-0.2, 0) is 9.53 Å². The van der Waals surface area contributed by atoms with Crippen LogP contribution in [0.4, 0.5) is 0 Å². The zero-order chi connectivity index (χ0) is 10.6. The first-order chi connectivity index (χ1) is 6.61. The van der Waals surface area contributed by atoms with Gasteiger partial charge in [0, 0.05) is 4.24 Å². The monoisotopic (exact) mass is 232 g/mol. The lowest BCUT2D eigenvalue weighted by atomic mass is 9.98. The van der Waals surface area contributed by atoms with E-state index in [9.17, 15) is 4.79 Å². The Morgan fingerprint density at radius 3 is 2.29 bits per heavy atom. The lowest BCUT2D eigenvalue weighted by Crippen LogP contribution is -2.21. The van der Waals surface area contributed by atoms with Gasteiger partial charge >= 0.3 is 5.97 Å². The van der Waals surface area contributed by atoms with Gasteiger partial charge in [0.1, 0.15) is 6.10 Å². The predicted octanol–water partition coefficient (Wildman–Crippen LogP) is 2.95. The molecule has 0 heterocycles. The number of esters is 1. The first-order valence-corrected chi connectivity index (χ1v) is 5.80. The molecule has 1 aliphatic carbocycles. The van der Waals surface area contributed by atoms with Crippen molar-refractivity contribution in [3.05, 3.63) is 9.81 Å². The van der Waals surface area contributed by atoms with Crippen molar-refractivity contribution in [2.24, 2.45) is 0 Å². The molecule has 1 aliphatic rings. The molecule has 0 saturated heterocycles. The molecule has 1 rings (SSSR count). The fraction of sp³-hybridized carbons (Fsp3) is 0.700. The summed E-state index contributed by atoms with van der Waals surface area (Å²) in [6.45, 7) is 1.68. The summed E-state index contributed by atoms with van der Waals surface area (Å²) in [5.41, 5.74) is 0.488. The third kappa shape index (κ3) is 3.58. The molecule has 0 aromatic rings. The average molecular weight is 232 g/mol. The highest BCUT2D eigenvalue weighted by Gasteiger charge is 2.18. The van der Waals surface area contributed by atoms with Crippen LogP contribution in [0, 0.1) is 0 Å². The Labute approximate surface area is 95.9 Å². The van der Waals surface area contributed by atoms with Gasteiger partial charge in [-0.2, -0.15) is 0 Å². The van der Waals surface area contributed by atoms with Gasteiger partial charge in [-0.25, -0.2) is 4.79 Å². The lowest BCUT2D eigenvalue weighted by molar-refractivity contribution is -0.145. The highest BCUT2D eigenvalue weighted by Crippen LogP contribution is 2.22. The number of carbonyl (C=O) groups excluding carboxylic acids is 1. The predicted molar refractivity (Wildman–Crippen MR) is 63.6 cm³/mol. The zero-order valence-electron chi connectivity index (χ0n) is 8.32. The largest absolute Gasteiger partial charge is 0.459 e. The molecule has 1 fully saturated rings. The van der Waals surface area contributed by atoms with Crippen molar-refractivity contribution in [1.29, 1.82) is 0 Å². The van der Waals surface area contributed by atoms with E-state index in [4.69, 9.17) is 4.74 Å². The molecular formula is C10H16O2S2. The summed E-state index contributed by atoms with van der Waals surface area (Å²) in [6, 6.07) is 0. The normalized spacial score (nSPS) is 17.6. The second kappa shape index (κ2) is 5.71. The second-order valence-electron chi connectivity index (χ2n) is 3.61. The van der Waals surface area contributed by atoms with Crippen LogP contribution in [0.25, 0.3) is 0 Å². The Balaban J connectivity index is 2.43. The van der Waals surface area contributed by atoms with Crippen molar-refractivity contribution in [2.75, 3.05) is 0 Å². The van der Waals surface area contributed by atoms with Gasteiger partial charge in [-0.3, -0.25) is 0 Å². The van der Waals surface area contributed by atoms with Crippen molar-refractivity contribution in [3.63, 3.8) is 0 Å². The second-order valence-corrected chi connectivity index (χ2v) is 4.86. The Morgan fingerprint density at radius 1 is 1.21 bits per heavy atom. The number of ether oxygens (including phenoxy) is 1. The summed E-state index contributed by atoms with van der Waals surface area (Å²) in [4.78, 5) is 11.5. The maximum Gasteiger partial charge on any atom is 0.335 e. The van der Waals surface area contributed by atoms with E-state index in [2.05, 4.69) is 25.3 Å². The molecule has 4 heteroatoms. The number of hydrogen-bond donors (Lipinski definition) is 2. The summed E-state index contributed by atoms with van der Waals surface area (Å²) in [6.07, 6.45) is 5.67. The van der Waals surface area contributed by atoms with E-state index >= 15 is 0 Å². The van der Waals surface area contributed by atoms with Crippen LogP contribution >= 0.6 is 25.3 Å². The van der Waals surface area contributed by atoms with Gasteiger partial charge in [0.05, 0.1) is 5.57 Å². The fourth-order valence-corrected chi connectivity index (χ4v) is 1.70. The van der Waals surface area contributed by atoms with Crippen LogP contribution in [0.2, 0.25) is 0 Å². The van der Waals surface area contributed by atoms with Gasteiger partial charge in [0.2, 0.25) is 0 Å². The minimum Gasteiger partial charge on any atom is -0.459 e. The Kier molecular flexibility index (Phi) is 4.89. The van der Waals surface area contributed by atoms with Crippen molar-refractivity contribution in [2.45, 2.75) is 45.1 Å². The number of carbonyl (C=O) groups is 1. The maximum atomic E-state index is 11.5. The van der Waals surface area contributed by atoms with E-state index in [0.717, 1.165) is 25.7 Å². The summed E-state index contributed by atoms with van der Waals surface area (Å²) < 4.78 is 5.76. The molecule has 0 spiro atoms.